The van der Waals surface area contributed by atoms with Crippen LogP contribution in [0.2, 0.25) is 0 Å². The highest BCUT2D eigenvalue weighted by Gasteiger charge is 2.38. The van der Waals surface area contributed by atoms with Gasteiger partial charge >= 0.3 is 5.97 Å². The highest BCUT2D eigenvalue weighted by Crippen LogP contribution is 2.18. The minimum atomic E-state index is -1.12. The summed E-state index contributed by atoms with van der Waals surface area (Å²) in [7, 11) is 0. The molecule has 5 nitrogen and oxygen atoms in total. The fourth-order valence-electron chi connectivity index (χ4n) is 1.84. The number of Topliss-reactive ketones (excluding diaryl/α,β-unsaturated/α-hetero) is 1. The van der Waals surface area contributed by atoms with Gasteiger partial charge in [0.15, 0.2) is 5.78 Å². The van der Waals surface area contributed by atoms with Crippen molar-refractivity contribution in [2.45, 2.75) is 18.9 Å². The van der Waals surface area contributed by atoms with Crippen molar-refractivity contribution in [1.29, 1.82) is 0 Å². The summed E-state index contributed by atoms with van der Waals surface area (Å²) in [4.78, 5) is 36.1. The number of carboxylic acid groups (broad SMARTS) is 1. The number of aliphatic carboxylic acids is 1. The van der Waals surface area contributed by atoms with Gasteiger partial charge in [0, 0.05) is 11.3 Å². The van der Waals surface area contributed by atoms with E-state index < -0.39 is 12.0 Å². The van der Waals surface area contributed by atoms with E-state index in [0.29, 0.717) is 0 Å². The monoisotopic (exact) mass is 253 g/mol. The summed E-state index contributed by atoms with van der Waals surface area (Å²) in [6.07, 6.45) is 0.0836. The summed E-state index contributed by atoms with van der Waals surface area (Å²) in [5.41, 5.74) is 0. The van der Waals surface area contributed by atoms with Crippen LogP contribution < -0.4 is 0 Å². The molecule has 1 aliphatic rings. The van der Waals surface area contributed by atoms with E-state index in [0.717, 1.165) is 9.78 Å². The zero-order chi connectivity index (χ0) is 12.4. The van der Waals surface area contributed by atoms with E-state index in [-0.39, 0.29) is 31.1 Å². The van der Waals surface area contributed by atoms with Gasteiger partial charge in [0.2, 0.25) is 5.91 Å². The van der Waals surface area contributed by atoms with Gasteiger partial charge in [0.25, 0.3) is 0 Å². The topological polar surface area (TPSA) is 74.7 Å². The van der Waals surface area contributed by atoms with Gasteiger partial charge in [-0.25, -0.2) is 4.79 Å². The molecule has 6 heteroatoms. The molecular formula is C11H11NO4S. The van der Waals surface area contributed by atoms with E-state index in [2.05, 4.69) is 0 Å². The van der Waals surface area contributed by atoms with Crippen LogP contribution in [0, 0.1) is 0 Å². The van der Waals surface area contributed by atoms with Gasteiger partial charge in [0.05, 0.1) is 13.0 Å². The Morgan fingerprint density at radius 1 is 1.53 bits per heavy atom. The molecule has 0 aromatic carbocycles. The highest BCUT2D eigenvalue weighted by molar-refractivity contribution is 7.10. The molecule has 1 amide bonds. The fourth-order valence-corrected chi connectivity index (χ4v) is 2.53. The second-order valence-corrected chi connectivity index (χ2v) is 4.91. The quantitative estimate of drug-likeness (QED) is 0.853. The van der Waals surface area contributed by atoms with Crippen LogP contribution in [0.1, 0.15) is 11.3 Å². The van der Waals surface area contributed by atoms with Gasteiger partial charge in [-0.2, -0.15) is 0 Å². The number of carbonyl (C=O) groups excluding carboxylic acids is 2. The SMILES string of the molecule is O=C1CC(C(=O)O)N(C(=O)Cc2cccs2)C1. The molecule has 1 atom stereocenters. The first-order chi connectivity index (χ1) is 8.08. The van der Waals surface area contributed by atoms with Gasteiger partial charge in [-0.3, -0.25) is 9.59 Å². The predicted octanol–water partition coefficient (Wildman–Crippen LogP) is 0.545. The lowest BCUT2D eigenvalue weighted by Crippen LogP contribution is -2.41. The molecule has 1 aliphatic heterocycles. The van der Waals surface area contributed by atoms with Gasteiger partial charge in [-0.15, -0.1) is 11.3 Å². The number of rotatable bonds is 3. The molecule has 1 fully saturated rings. The van der Waals surface area contributed by atoms with E-state index in [4.69, 9.17) is 5.11 Å². The summed E-state index contributed by atoms with van der Waals surface area (Å²) in [5, 5.41) is 10.8. The predicted molar refractivity (Wildman–Crippen MR) is 60.8 cm³/mol. The molecule has 17 heavy (non-hydrogen) atoms. The van der Waals surface area contributed by atoms with Gasteiger partial charge in [-0.1, -0.05) is 6.07 Å². The Bertz CT molecular complexity index is 454. The minimum absolute atomic E-state index is 0.0779. The highest BCUT2D eigenvalue weighted by atomic mass is 32.1. The first-order valence-corrected chi connectivity index (χ1v) is 6.02. The number of likely N-dealkylation sites (tertiary alicyclic amines) is 1. The van der Waals surface area contributed by atoms with Crippen LogP contribution in [-0.4, -0.2) is 40.3 Å². The number of hydrogen-bond donors (Lipinski definition) is 1. The zero-order valence-electron chi connectivity index (χ0n) is 8.96. The molecule has 0 aliphatic carbocycles. The van der Waals surface area contributed by atoms with Crippen LogP contribution in [0.4, 0.5) is 0 Å². The molecule has 2 heterocycles. The summed E-state index contributed by atoms with van der Waals surface area (Å²) in [6.45, 7) is -0.0822. The number of hydrogen-bond acceptors (Lipinski definition) is 4. The first-order valence-electron chi connectivity index (χ1n) is 5.14. The summed E-state index contributed by atoms with van der Waals surface area (Å²) < 4.78 is 0. The maximum Gasteiger partial charge on any atom is 0.326 e. The molecule has 0 saturated carbocycles. The van der Waals surface area contributed by atoms with Crippen molar-refractivity contribution in [3.8, 4) is 0 Å². The summed E-state index contributed by atoms with van der Waals surface area (Å²) in [6, 6.07) is 2.66. The number of carboxylic acids is 1. The molecule has 90 valence electrons. The number of thiophene rings is 1. The van der Waals surface area contributed by atoms with Crippen molar-refractivity contribution in [2.24, 2.45) is 0 Å². The van der Waals surface area contributed by atoms with Crippen LogP contribution in [0.25, 0.3) is 0 Å². The van der Waals surface area contributed by atoms with Crippen LogP contribution in [0.15, 0.2) is 17.5 Å². The molecule has 0 spiro atoms. The standard InChI is InChI=1S/C11H11NO4S/c13-7-4-9(11(15)16)12(6-7)10(14)5-8-2-1-3-17-8/h1-3,9H,4-6H2,(H,15,16). The Balaban J connectivity index is 2.08. The van der Waals surface area contributed by atoms with E-state index >= 15 is 0 Å². The third-order valence-corrected chi connectivity index (χ3v) is 3.53. The lowest BCUT2D eigenvalue weighted by Gasteiger charge is -2.19. The molecule has 2 rings (SSSR count). The Morgan fingerprint density at radius 3 is 2.88 bits per heavy atom. The third-order valence-electron chi connectivity index (χ3n) is 2.65. The normalized spacial score (nSPS) is 19.6. The lowest BCUT2D eigenvalue weighted by atomic mass is 10.2. The van der Waals surface area contributed by atoms with E-state index in [1.54, 1.807) is 0 Å². The zero-order valence-corrected chi connectivity index (χ0v) is 9.77. The smallest absolute Gasteiger partial charge is 0.326 e. The van der Waals surface area contributed by atoms with Crippen LogP contribution in [-0.2, 0) is 20.8 Å². The van der Waals surface area contributed by atoms with E-state index in [9.17, 15) is 14.4 Å². The Kier molecular flexibility index (Phi) is 3.23. The molecule has 0 bridgehead atoms. The number of ketones is 1. The maximum absolute atomic E-state index is 11.9. The molecular weight excluding hydrogens is 242 g/mol. The van der Waals surface area contributed by atoms with Crippen molar-refractivity contribution >= 4 is 29.0 Å². The van der Waals surface area contributed by atoms with Crippen LogP contribution in [0.3, 0.4) is 0 Å². The van der Waals surface area contributed by atoms with Crippen molar-refractivity contribution in [2.75, 3.05) is 6.54 Å². The van der Waals surface area contributed by atoms with Crippen LogP contribution in [0.5, 0.6) is 0 Å². The van der Waals surface area contributed by atoms with Crippen molar-refractivity contribution in [3.63, 3.8) is 0 Å². The number of amides is 1. The first kappa shape index (κ1) is 11.8. The molecule has 1 N–H and O–H groups in total. The second kappa shape index (κ2) is 4.67. The summed E-state index contributed by atoms with van der Waals surface area (Å²) in [5.74, 6) is -1.61. The van der Waals surface area contributed by atoms with Crippen molar-refractivity contribution < 1.29 is 19.5 Å². The van der Waals surface area contributed by atoms with E-state index in [1.807, 2.05) is 17.5 Å². The summed E-state index contributed by atoms with van der Waals surface area (Å²) >= 11 is 1.44. The fraction of sp³-hybridized carbons (Fsp3) is 0.364. The minimum Gasteiger partial charge on any atom is -0.480 e. The molecule has 1 aromatic rings. The Labute approximate surface area is 102 Å². The Morgan fingerprint density at radius 2 is 2.29 bits per heavy atom. The molecule has 1 saturated heterocycles. The van der Waals surface area contributed by atoms with Gasteiger partial charge in [0.1, 0.15) is 6.04 Å². The number of nitrogens with zero attached hydrogens (tertiary/aromatic N) is 1. The molecule has 1 unspecified atom stereocenters. The molecule has 1 aromatic heterocycles. The van der Waals surface area contributed by atoms with Crippen LogP contribution >= 0.6 is 11.3 Å². The average Bonchev–Trinajstić information content (AvgIpc) is 2.86. The lowest BCUT2D eigenvalue weighted by molar-refractivity contribution is -0.147. The Hall–Kier alpha value is -1.69. The maximum atomic E-state index is 11.9. The van der Waals surface area contributed by atoms with Gasteiger partial charge in [-0.05, 0) is 11.4 Å². The largest absolute Gasteiger partial charge is 0.480 e. The van der Waals surface area contributed by atoms with Gasteiger partial charge < -0.3 is 10.0 Å². The van der Waals surface area contributed by atoms with Crippen molar-refractivity contribution in [1.82, 2.24) is 4.90 Å². The number of carbonyl (C=O) groups is 3. The average molecular weight is 253 g/mol. The van der Waals surface area contributed by atoms with E-state index in [1.165, 1.54) is 11.3 Å². The van der Waals surface area contributed by atoms with Crippen molar-refractivity contribution in [3.05, 3.63) is 22.4 Å². The second-order valence-electron chi connectivity index (χ2n) is 3.87. The third kappa shape index (κ3) is 2.52. The molecule has 0 radical (unpaired) electrons.